The minimum Gasteiger partial charge on any atom is -0.480 e. The van der Waals surface area contributed by atoms with E-state index in [4.69, 9.17) is 10.5 Å². The first-order chi connectivity index (χ1) is 15.9. The van der Waals surface area contributed by atoms with Gasteiger partial charge in [-0.2, -0.15) is 9.97 Å². The largest absolute Gasteiger partial charge is 0.480 e. The first kappa shape index (κ1) is 24.2. The number of rotatable bonds is 12. The summed E-state index contributed by atoms with van der Waals surface area (Å²) in [6, 6.07) is 7.66. The number of ether oxygens (including phenoxy) is 1. The van der Waals surface area contributed by atoms with Crippen LogP contribution in [0.2, 0.25) is 0 Å². The van der Waals surface area contributed by atoms with Crippen molar-refractivity contribution in [2.75, 3.05) is 36.9 Å². The molecule has 0 atom stereocenters. The second-order valence-electron chi connectivity index (χ2n) is 8.08. The summed E-state index contributed by atoms with van der Waals surface area (Å²) in [5.74, 6) is -1.69. The molecular formula is C22H30N6O5. The maximum Gasteiger partial charge on any atom is 0.353 e. The number of anilines is 2. The van der Waals surface area contributed by atoms with Gasteiger partial charge in [-0.1, -0.05) is 37.6 Å². The predicted octanol–water partition coefficient (Wildman–Crippen LogP) is 2.83. The Kier molecular flexibility index (Phi) is 8.36. The second kappa shape index (κ2) is 11.4. The van der Waals surface area contributed by atoms with Crippen LogP contribution in [0, 0.1) is 10.1 Å². The standard InChI is InChI=1S/C22H30N6O5/c1-2-3-11-33-22-24-20(23)19(28(31)32)21(25-22)27(15-18(29)30)14-17-8-6-7-16(12-17)13-26-9-4-5-10-26/h6-8,12H,2-5,9-11,13-15H2,1H3,(H,29,30)(H2,23,24,25). The van der Waals surface area contributed by atoms with Crippen molar-refractivity contribution < 1.29 is 19.6 Å². The van der Waals surface area contributed by atoms with E-state index in [2.05, 4.69) is 14.9 Å². The number of aromatic nitrogens is 2. The number of unbranched alkanes of at least 4 members (excludes halogenated alkanes) is 1. The highest BCUT2D eigenvalue weighted by Gasteiger charge is 2.29. The van der Waals surface area contributed by atoms with Crippen LogP contribution in [0.3, 0.4) is 0 Å². The molecule has 1 aliphatic rings. The Morgan fingerprint density at radius 1 is 1.30 bits per heavy atom. The predicted molar refractivity (Wildman–Crippen MR) is 123 cm³/mol. The van der Waals surface area contributed by atoms with Crippen molar-refractivity contribution in [2.24, 2.45) is 0 Å². The molecule has 1 saturated heterocycles. The van der Waals surface area contributed by atoms with Crippen molar-refractivity contribution >= 4 is 23.3 Å². The third kappa shape index (κ3) is 6.75. The number of aliphatic carboxylic acids is 1. The number of hydrogen-bond acceptors (Lipinski definition) is 9. The molecule has 2 heterocycles. The highest BCUT2D eigenvalue weighted by molar-refractivity contribution is 5.77. The highest BCUT2D eigenvalue weighted by Crippen LogP contribution is 2.33. The van der Waals surface area contributed by atoms with E-state index in [9.17, 15) is 20.0 Å². The van der Waals surface area contributed by atoms with Gasteiger partial charge in [0.15, 0.2) is 0 Å². The fourth-order valence-electron chi connectivity index (χ4n) is 3.82. The summed E-state index contributed by atoms with van der Waals surface area (Å²) < 4.78 is 5.50. The smallest absolute Gasteiger partial charge is 0.353 e. The number of carbonyl (C=O) groups is 1. The maximum absolute atomic E-state index is 11.7. The summed E-state index contributed by atoms with van der Waals surface area (Å²) in [5.41, 5.74) is 7.23. The minimum atomic E-state index is -1.15. The molecule has 1 aliphatic heterocycles. The topological polar surface area (TPSA) is 148 Å². The van der Waals surface area contributed by atoms with E-state index in [1.54, 1.807) is 0 Å². The average Bonchev–Trinajstić information content (AvgIpc) is 3.26. The third-order valence-electron chi connectivity index (χ3n) is 5.38. The third-order valence-corrected chi connectivity index (χ3v) is 5.38. The van der Waals surface area contributed by atoms with Crippen LogP contribution in [0.25, 0.3) is 0 Å². The number of nitrogens with zero attached hydrogens (tertiary/aromatic N) is 5. The molecule has 0 amide bonds. The fraction of sp³-hybridized carbons (Fsp3) is 0.500. The number of nitro groups is 1. The molecule has 178 valence electrons. The van der Waals surface area contributed by atoms with Crippen LogP contribution in [0.5, 0.6) is 6.01 Å². The molecule has 11 nitrogen and oxygen atoms in total. The van der Waals surface area contributed by atoms with Crippen LogP contribution >= 0.6 is 0 Å². The van der Waals surface area contributed by atoms with Gasteiger partial charge >= 0.3 is 17.7 Å². The van der Waals surface area contributed by atoms with E-state index in [-0.39, 0.29) is 24.2 Å². The van der Waals surface area contributed by atoms with Gasteiger partial charge in [0.2, 0.25) is 11.6 Å². The first-order valence-corrected chi connectivity index (χ1v) is 11.1. The average molecular weight is 459 g/mol. The maximum atomic E-state index is 11.7. The lowest BCUT2D eigenvalue weighted by molar-refractivity contribution is -0.383. The van der Waals surface area contributed by atoms with Gasteiger partial charge in [0.1, 0.15) is 6.54 Å². The monoisotopic (exact) mass is 458 g/mol. The van der Waals surface area contributed by atoms with Crippen LogP contribution in [0.1, 0.15) is 43.7 Å². The van der Waals surface area contributed by atoms with Crippen LogP contribution in [0.15, 0.2) is 24.3 Å². The summed E-state index contributed by atoms with van der Waals surface area (Å²) in [6.45, 7) is 4.85. The Balaban J connectivity index is 1.91. The number of carboxylic acids is 1. The van der Waals surface area contributed by atoms with Gasteiger partial charge in [-0.15, -0.1) is 0 Å². The van der Waals surface area contributed by atoms with Gasteiger partial charge < -0.3 is 20.5 Å². The van der Waals surface area contributed by atoms with Crippen LogP contribution in [-0.2, 0) is 17.9 Å². The lowest BCUT2D eigenvalue weighted by Gasteiger charge is -2.23. The summed E-state index contributed by atoms with van der Waals surface area (Å²) in [7, 11) is 0. The Morgan fingerprint density at radius 2 is 2.03 bits per heavy atom. The molecule has 11 heteroatoms. The lowest BCUT2D eigenvalue weighted by atomic mass is 10.1. The van der Waals surface area contributed by atoms with E-state index in [1.807, 2.05) is 31.2 Å². The normalized spacial score (nSPS) is 13.7. The van der Waals surface area contributed by atoms with Crippen molar-refractivity contribution in [2.45, 2.75) is 45.7 Å². The molecule has 1 aromatic heterocycles. The molecule has 0 bridgehead atoms. The SMILES string of the molecule is CCCCOc1nc(N)c([N+](=O)[O-])c(N(CC(=O)O)Cc2cccc(CN3CCCC3)c2)n1. The van der Waals surface area contributed by atoms with E-state index in [0.717, 1.165) is 43.6 Å². The quantitative estimate of drug-likeness (QED) is 0.276. The molecule has 2 aromatic rings. The molecule has 1 fully saturated rings. The molecule has 0 radical (unpaired) electrons. The lowest BCUT2D eigenvalue weighted by Crippen LogP contribution is -2.31. The summed E-state index contributed by atoms with van der Waals surface area (Å²) >= 11 is 0. The van der Waals surface area contributed by atoms with E-state index < -0.39 is 23.1 Å². The van der Waals surface area contributed by atoms with Crippen molar-refractivity contribution in [3.63, 3.8) is 0 Å². The zero-order valence-electron chi connectivity index (χ0n) is 18.8. The number of nitrogen functional groups attached to an aromatic ring is 1. The number of hydrogen-bond donors (Lipinski definition) is 2. The minimum absolute atomic E-state index is 0.103. The van der Waals surface area contributed by atoms with Crippen molar-refractivity contribution in [3.05, 3.63) is 45.5 Å². The van der Waals surface area contributed by atoms with Crippen molar-refractivity contribution in [1.29, 1.82) is 0 Å². The molecule has 33 heavy (non-hydrogen) atoms. The first-order valence-electron chi connectivity index (χ1n) is 11.1. The van der Waals surface area contributed by atoms with Gasteiger partial charge in [-0.25, -0.2) is 0 Å². The van der Waals surface area contributed by atoms with E-state index in [0.29, 0.717) is 6.61 Å². The molecular weight excluding hydrogens is 428 g/mol. The molecule has 3 rings (SSSR count). The zero-order chi connectivity index (χ0) is 23.8. The van der Waals surface area contributed by atoms with Gasteiger partial charge in [0, 0.05) is 13.1 Å². The molecule has 0 aliphatic carbocycles. The van der Waals surface area contributed by atoms with Crippen LogP contribution < -0.4 is 15.4 Å². The highest BCUT2D eigenvalue weighted by atomic mass is 16.6. The van der Waals surface area contributed by atoms with Gasteiger partial charge in [0.05, 0.1) is 11.5 Å². The molecule has 0 spiro atoms. The summed E-state index contributed by atoms with van der Waals surface area (Å²) in [4.78, 5) is 34.4. The van der Waals surface area contributed by atoms with E-state index in [1.165, 1.54) is 17.7 Å². The molecule has 0 saturated carbocycles. The van der Waals surface area contributed by atoms with E-state index >= 15 is 0 Å². The molecule has 3 N–H and O–H groups in total. The zero-order valence-corrected chi connectivity index (χ0v) is 18.8. The number of benzene rings is 1. The van der Waals surface area contributed by atoms with Gasteiger partial charge in [0.25, 0.3) is 0 Å². The molecule has 1 aromatic carbocycles. The summed E-state index contributed by atoms with van der Waals surface area (Å²) in [5, 5.41) is 21.2. The fourth-order valence-corrected chi connectivity index (χ4v) is 3.82. The Morgan fingerprint density at radius 3 is 2.70 bits per heavy atom. The van der Waals surface area contributed by atoms with Crippen LogP contribution in [-0.4, -0.2) is 57.1 Å². The molecule has 0 unspecified atom stereocenters. The van der Waals surface area contributed by atoms with Gasteiger partial charge in [-0.05, 0) is 43.5 Å². The Hall–Kier alpha value is -3.47. The summed E-state index contributed by atoms with van der Waals surface area (Å²) in [6.07, 6.45) is 4.01. The Bertz CT molecular complexity index is 980. The second-order valence-corrected chi connectivity index (χ2v) is 8.08. The van der Waals surface area contributed by atoms with Crippen LogP contribution in [0.4, 0.5) is 17.3 Å². The Labute approximate surface area is 192 Å². The van der Waals surface area contributed by atoms with Crippen molar-refractivity contribution in [1.82, 2.24) is 14.9 Å². The van der Waals surface area contributed by atoms with Gasteiger partial charge in [-0.3, -0.25) is 19.8 Å². The number of likely N-dealkylation sites (tertiary alicyclic amines) is 1. The number of carboxylic acid groups (broad SMARTS) is 1. The number of nitrogens with two attached hydrogens (primary N) is 1. The van der Waals surface area contributed by atoms with Crippen molar-refractivity contribution in [3.8, 4) is 6.01 Å².